The molecule has 120 valence electrons. The van der Waals surface area contributed by atoms with Gasteiger partial charge < -0.3 is 16.4 Å². The zero-order valence-corrected chi connectivity index (χ0v) is 12.7. The molecule has 0 radical (unpaired) electrons. The third-order valence-corrected chi connectivity index (χ3v) is 4.01. The van der Waals surface area contributed by atoms with Crippen molar-refractivity contribution in [3.8, 4) is 0 Å². The van der Waals surface area contributed by atoms with E-state index in [1.165, 1.54) is 0 Å². The van der Waals surface area contributed by atoms with Crippen LogP contribution in [-0.4, -0.2) is 52.6 Å². The fourth-order valence-corrected chi connectivity index (χ4v) is 2.88. The van der Waals surface area contributed by atoms with Gasteiger partial charge in [0.25, 0.3) is 5.96 Å². The van der Waals surface area contributed by atoms with Crippen LogP contribution >= 0.6 is 11.8 Å². The van der Waals surface area contributed by atoms with Crippen molar-refractivity contribution in [2.45, 2.75) is 31.7 Å². The molecule has 1 unspecified atom stereocenters. The van der Waals surface area contributed by atoms with Crippen LogP contribution in [0, 0.1) is 10.1 Å². The number of nitrogens with one attached hydrogen (secondary N) is 1. The lowest BCUT2D eigenvalue weighted by molar-refractivity contribution is -0.525. The van der Waals surface area contributed by atoms with E-state index in [1.54, 1.807) is 22.1 Å². The second-order valence-electron chi connectivity index (χ2n) is 4.73. The number of nitro groups is 1. The Morgan fingerprint density at radius 1 is 1.48 bits per heavy atom. The summed E-state index contributed by atoms with van der Waals surface area (Å²) in [7, 11) is 0. The number of unbranched alkanes of at least 4 members (excludes halogenated alkanes) is 2. The Morgan fingerprint density at radius 2 is 2.24 bits per heavy atom. The summed E-state index contributed by atoms with van der Waals surface area (Å²) in [6, 6.07) is -0.437. The Balaban J connectivity index is 2.08. The van der Waals surface area contributed by atoms with Crippen molar-refractivity contribution in [3.63, 3.8) is 0 Å². The van der Waals surface area contributed by atoms with E-state index in [9.17, 15) is 14.9 Å². The molecule has 5 N–H and O–H groups in total. The van der Waals surface area contributed by atoms with Crippen molar-refractivity contribution in [3.05, 3.63) is 10.1 Å². The van der Waals surface area contributed by atoms with Crippen LogP contribution in [0.2, 0.25) is 0 Å². The quantitative estimate of drug-likeness (QED) is 0.180. The van der Waals surface area contributed by atoms with Gasteiger partial charge in [0.15, 0.2) is 5.03 Å². The van der Waals surface area contributed by atoms with Gasteiger partial charge in [-0.05, 0) is 12.8 Å². The van der Waals surface area contributed by atoms with E-state index in [-0.39, 0.29) is 11.9 Å². The molecule has 0 aromatic rings. The lowest BCUT2D eigenvalue weighted by atomic mass is 10.1. The van der Waals surface area contributed by atoms with E-state index in [2.05, 4.69) is 4.99 Å². The third-order valence-electron chi connectivity index (χ3n) is 3.04. The molecule has 9 nitrogen and oxygen atoms in total. The van der Waals surface area contributed by atoms with Gasteiger partial charge in [0.2, 0.25) is 5.91 Å². The fraction of sp³-hybridized carbons (Fsp3) is 0.818. The number of nitrogens with two attached hydrogens (primary N) is 2. The molecule has 21 heavy (non-hydrogen) atoms. The average Bonchev–Trinajstić information content (AvgIpc) is 2.94. The predicted molar refractivity (Wildman–Crippen MR) is 82.1 cm³/mol. The van der Waals surface area contributed by atoms with Crippen molar-refractivity contribution in [2.24, 2.45) is 16.5 Å². The van der Waals surface area contributed by atoms with Gasteiger partial charge in [-0.1, -0.05) is 18.3 Å². The third kappa shape index (κ3) is 7.14. The molecule has 1 aliphatic heterocycles. The Kier molecular flexibility index (Phi) is 7.83. The van der Waals surface area contributed by atoms with E-state index in [0.29, 0.717) is 13.0 Å². The number of hydrazine groups is 1. The summed E-state index contributed by atoms with van der Waals surface area (Å²) >= 11 is 1.74. The maximum Gasteiger partial charge on any atom is 0.251 e. The molecule has 1 fully saturated rings. The highest BCUT2D eigenvalue weighted by molar-refractivity contribution is 7.99. The predicted octanol–water partition coefficient (Wildman–Crippen LogP) is -0.497. The number of hydrogen-bond donors (Lipinski definition) is 3. The Bertz CT molecular complexity index is 386. The van der Waals surface area contributed by atoms with Gasteiger partial charge in [-0.25, -0.2) is 15.1 Å². The van der Waals surface area contributed by atoms with Crippen LogP contribution < -0.4 is 16.9 Å². The number of thioether (sulfide) groups is 1. The summed E-state index contributed by atoms with van der Waals surface area (Å²) < 4.78 is 0. The van der Waals surface area contributed by atoms with Crippen LogP contribution in [-0.2, 0) is 4.79 Å². The Morgan fingerprint density at radius 3 is 2.86 bits per heavy atom. The molecule has 0 aromatic carbocycles. The fourth-order valence-electron chi connectivity index (χ4n) is 1.93. The van der Waals surface area contributed by atoms with E-state index in [1.807, 2.05) is 0 Å². The zero-order chi connectivity index (χ0) is 15.7. The van der Waals surface area contributed by atoms with Crippen molar-refractivity contribution in [1.82, 2.24) is 10.3 Å². The standard InChI is InChI=1S/C11H22N6O3S/c12-9(10(18)16-6-7-21-8-16)4-2-1-3-5-14-11(13)15-17(19)20/h9H,1-8,12H2,(H3,13,14,15). The van der Waals surface area contributed by atoms with Gasteiger partial charge in [0.05, 0.1) is 11.9 Å². The number of rotatable bonds is 8. The van der Waals surface area contributed by atoms with E-state index in [0.717, 1.165) is 37.4 Å². The van der Waals surface area contributed by atoms with Gasteiger partial charge in [-0.15, -0.1) is 11.8 Å². The summed E-state index contributed by atoms with van der Waals surface area (Å²) in [4.78, 5) is 27.6. The largest absolute Gasteiger partial charge is 0.365 e. The van der Waals surface area contributed by atoms with E-state index < -0.39 is 11.1 Å². The molecule has 1 atom stereocenters. The highest BCUT2D eigenvalue weighted by Crippen LogP contribution is 2.15. The first kappa shape index (κ1) is 17.5. The molecule has 0 bridgehead atoms. The molecule has 10 heteroatoms. The summed E-state index contributed by atoms with van der Waals surface area (Å²) in [5.41, 5.74) is 12.9. The van der Waals surface area contributed by atoms with Gasteiger partial charge in [0.1, 0.15) is 0 Å². The van der Waals surface area contributed by atoms with Crippen molar-refractivity contribution in [2.75, 3.05) is 24.7 Å². The maximum absolute atomic E-state index is 11.9. The molecule has 0 saturated carbocycles. The minimum Gasteiger partial charge on any atom is -0.365 e. The number of guanidine groups is 1. The van der Waals surface area contributed by atoms with Crippen molar-refractivity contribution in [1.29, 1.82) is 0 Å². The number of amides is 1. The summed E-state index contributed by atoms with van der Waals surface area (Å²) in [5, 5.41) is 9.33. The molecule has 1 heterocycles. The number of carbonyl (C=O) groups excluding carboxylic acids is 1. The first-order valence-corrected chi connectivity index (χ1v) is 7.99. The molecular formula is C11H22N6O3S. The highest BCUT2D eigenvalue weighted by atomic mass is 32.2. The van der Waals surface area contributed by atoms with Gasteiger partial charge in [0, 0.05) is 18.8 Å². The first-order valence-electron chi connectivity index (χ1n) is 6.84. The number of carbonyl (C=O) groups is 1. The van der Waals surface area contributed by atoms with Crippen LogP contribution in [0.1, 0.15) is 25.7 Å². The molecule has 1 saturated heterocycles. The van der Waals surface area contributed by atoms with Crippen LogP contribution in [0.4, 0.5) is 0 Å². The SMILES string of the molecule is NC(=NCCCCCC(N)C(=O)N1CCSC1)N[N+](=O)[O-]. The molecule has 0 aliphatic carbocycles. The Labute approximate surface area is 127 Å². The topological polar surface area (TPSA) is 140 Å². The van der Waals surface area contributed by atoms with Gasteiger partial charge >= 0.3 is 0 Å². The molecule has 1 aliphatic rings. The van der Waals surface area contributed by atoms with Gasteiger partial charge in [-0.2, -0.15) is 0 Å². The highest BCUT2D eigenvalue weighted by Gasteiger charge is 2.23. The van der Waals surface area contributed by atoms with E-state index in [4.69, 9.17) is 11.5 Å². The van der Waals surface area contributed by atoms with E-state index >= 15 is 0 Å². The minimum atomic E-state index is -0.750. The van der Waals surface area contributed by atoms with Crippen molar-refractivity contribution >= 4 is 23.6 Å². The smallest absolute Gasteiger partial charge is 0.251 e. The second kappa shape index (κ2) is 9.40. The normalized spacial score (nSPS) is 16.8. The molecule has 1 amide bonds. The molecular weight excluding hydrogens is 296 g/mol. The Hall–Kier alpha value is -1.55. The maximum atomic E-state index is 11.9. The lowest BCUT2D eigenvalue weighted by Crippen LogP contribution is -2.42. The number of nitrogens with zero attached hydrogens (tertiary/aromatic N) is 3. The van der Waals surface area contributed by atoms with Crippen LogP contribution in [0.5, 0.6) is 0 Å². The zero-order valence-electron chi connectivity index (χ0n) is 11.9. The number of aliphatic imine (C=N–C) groups is 1. The summed E-state index contributed by atoms with van der Waals surface area (Å²) in [5.74, 6) is 1.55. The van der Waals surface area contributed by atoms with Crippen LogP contribution in [0.15, 0.2) is 4.99 Å². The second-order valence-corrected chi connectivity index (χ2v) is 5.81. The lowest BCUT2D eigenvalue weighted by Gasteiger charge is -2.19. The van der Waals surface area contributed by atoms with Crippen molar-refractivity contribution < 1.29 is 9.83 Å². The minimum absolute atomic E-state index is 0.0254. The molecule has 1 rings (SSSR count). The average molecular weight is 318 g/mol. The monoisotopic (exact) mass is 318 g/mol. The van der Waals surface area contributed by atoms with Crippen LogP contribution in [0.25, 0.3) is 0 Å². The van der Waals surface area contributed by atoms with Crippen LogP contribution in [0.3, 0.4) is 0 Å². The van der Waals surface area contributed by atoms with Gasteiger partial charge in [-0.3, -0.25) is 4.79 Å². The first-order chi connectivity index (χ1) is 10.0. The summed E-state index contributed by atoms with van der Waals surface area (Å²) in [6.45, 7) is 1.20. The molecule has 0 spiro atoms. The molecule has 0 aromatic heterocycles. The number of hydrogen-bond acceptors (Lipinski definition) is 6. The summed E-state index contributed by atoms with van der Waals surface area (Å²) in [6.07, 6.45) is 3.07.